The lowest BCUT2D eigenvalue weighted by atomic mass is 10.1. The second-order valence-corrected chi connectivity index (χ2v) is 8.35. The van der Waals surface area contributed by atoms with E-state index in [0.717, 1.165) is 23.3 Å². The number of carbonyl (C=O) groups is 2. The molecule has 31 heavy (non-hydrogen) atoms. The fourth-order valence-corrected chi connectivity index (χ4v) is 3.27. The minimum absolute atomic E-state index is 0.0620. The number of hydrogen-bond acceptors (Lipinski definition) is 3. The molecule has 6 heteroatoms. The highest BCUT2D eigenvalue weighted by Crippen LogP contribution is 2.17. The van der Waals surface area contributed by atoms with Gasteiger partial charge in [-0.15, -0.1) is 0 Å². The molecule has 2 rings (SSSR count). The number of aryl methyl sites for hydroxylation is 1. The predicted octanol–water partition coefficient (Wildman–Crippen LogP) is 5.14. The Labute approximate surface area is 190 Å². The van der Waals surface area contributed by atoms with E-state index in [9.17, 15) is 9.59 Å². The van der Waals surface area contributed by atoms with E-state index < -0.39 is 6.04 Å². The summed E-state index contributed by atoms with van der Waals surface area (Å²) in [5, 5.41) is 3.64. The molecule has 0 unspecified atom stereocenters. The molecule has 0 aliphatic carbocycles. The van der Waals surface area contributed by atoms with Crippen LogP contribution in [-0.2, 0) is 16.1 Å². The van der Waals surface area contributed by atoms with E-state index in [2.05, 4.69) is 5.32 Å². The number of halogens is 1. The molecule has 0 aliphatic heterocycles. The van der Waals surface area contributed by atoms with Crippen LogP contribution >= 0.6 is 11.6 Å². The van der Waals surface area contributed by atoms with E-state index >= 15 is 0 Å². The largest absolute Gasteiger partial charge is 0.494 e. The Hall–Kier alpha value is -2.53. The van der Waals surface area contributed by atoms with Crippen molar-refractivity contribution in [1.82, 2.24) is 10.2 Å². The van der Waals surface area contributed by atoms with Crippen molar-refractivity contribution in [3.63, 3.8) is 0 Å². The smallest absolute Gasteiger partial charge is 0.242 e. The first kappa shape index (κ1) is 24.7. The van der Waals surface area contributed by atoms with Crippen LogP contribution in [0.25, 0.3) is 0 Å². The van der Waals surface area contributed by atoms with Gasteiger partial charge in [0.05, 0.1) is 6.61 Å². The standard InChI is InChI=1S/C25H33ClN2O3/c1-5-19(3)27-25(30)20(4)28(17-21-9-6-8-18(2)16-21)24(29)10-7-15-31-23-13-11-22(26)12-14-23/h6,8-9,11-14,16,19-20H,5,7,10,15,17H2,1-4H3,(H,27,30)/t19-,20-/m1/s1. The second-order valence-electron chi connectivity index (χ2n) is 7.91. The molecule has 0 bridgehead atoms. The van der Waals surface area contributed by atoms with Crippen LogP contribution in [0.5, 0.6) is 5.75 Å². The van der Waals surface area contributed by atoms with Crippen molar-refractivity contribution in [1.29, 1.82) is 0 Å². The topological polar surface area (TPSA) is 58.6 Å². The Morgan fingerprint density at radius 3 is 2.48 bits per heavy atom. The summed E-state index contributed by atoms with van der Waals surface area (Å²) in [5.41, 5.74) is 2.13. The summed E-state index contributed by atoms with van der Waals surface area (Å²) in [6, 6.07) is 14.7. The highest BCUT2D eigenvalue weighted by molar-refractivity contribution is 6.30. The third kappa shape index (κ3) is 8.25. The predicted molar refractivity (Wildman–Crippen MR) is 125 cm³/mol. The van der Waals surface area contributed by atoms with Crippen LogP contribution in [-0.4, -0.2) is 35.4 Å². The minimum Gasteiger partial charge on any atom is -0.494 e. The molecule has 1 N–H and O–H groups in total. The number of hydrogen-bond donors (Lipinski definition) is 1. The Balaban J connectivity index is 2.00. The average molecular weight is 445 g/mol. The number of nitrogens with zero attached hydrogens (tertiary/aromatic N) is 1. The van der Waals surface area contributed by atoms with Crippen molar-refractivity contribution in [2.24, 2.45) is 0 Å². The highest BCUT2D eigenvalue weighted by atomic mass is 35.5. The van der Waals surface area contributed by atoms with Gasteiger partial charge in [0, 0.05) is 24.0 Å². The molecule has 2 amide bonds. The average Bonchev–Trinajstić information content (AvgIpc) is 2.75. The van der Waals surface area contributed by atoms with Crippen molar-refractivity contribution in [3.05, 3.63) is 64.7 Å². The van der Waals surface area contributed by atoms with Crippen molar-refractivity contribution in [2.75, 3.05) is 6.61 Å². The van der Waals surface area contributed by atoms with Crippen LogP contribution in [0.1, 0.15) is 51.2 Å². The summed E-state index contributed by atoms with van der Waals surface area (Å²) < 4.78 is 5.69. The molecular weight excluding hydrogens is 412 g/mol. The quantitative estimate of drug-likeness (QED) is 0.488. The van der Waals surface area contributed by atoms with Crippen LogP contribution in [0.15, 0.2) is 48.5 Å². The van der Waals surface area contributed by atoms with Crippen LogP contribution < -0.4 is 10.1 Å². The van der Waals surface area contributed by atoms with E-state index in [1.54, 1.807) is 36.1 Å². The van der Waals surface area contributed by atoms with Crippen molar-refractivity contribution in [2.45, 2.75) is 65.6 Å². The van der Waals surface area contributed by atoms with E-state index in [1.165, 1.54) is 0 Å². The third-order valence-electron chi connectivity index (χ3n) is 5.22. The molecule has 0 saturated carbocycles. The fourth-order valence-electron chi connectivity index (χ4n) is 3.14. The Morgan fingerprint density at radius 1 is 1.13 bits per heavy atom. The van der Waals surface area contributed by atoms with E-state index in [-0.39, 0.29) is 17.9 Å². The first-order valence-corrected chi connectivity index (χ1v) is 11.2. The van der Waals surface area contributed by atoms with Gasteiger partial charge in [-0.05, 0) is 63.4 Å². The van der Waals surface area contributed by atoms with Gasteiger partial charge in [0.1, 0.15) is 11.8 Å². The molecule has 2 aromatic rings. The van der Waals surface area contributed by atoms with Crippen molar-refractivity contribution in [3.8, 4) is 5.75 Å². The molecular formula is C25H33ClN2O3. The maximum atomic E-state index is 13.1. The third-order valence-corrected chi connectivity index (χ3v) is 5.47. The second kappa shape index (κ2) is 12.4. The van der Waals surface area contributed by atoms with Crippen LogP contribution in [0.2, 0.25) is 5.02 Å². The number of amides is 2. The molecule has 0 radical (unpaired) electrons. The van der Waals surface area contributed by atoms with Gasteiger partial charge in [-0.3, -0.25) is 9.59 Å². The van der Waals surface area contributed by atoms with Gasteiger partial charge in [-0.25, -0.2) is 0 Å². The Morgan fingerprint density at radius 2 is 1.84 bits per heavy atom. The maximum absolute atomic E-state index is 13.1. The molecule has 0 fully saturated rings. The monoisotopic (exact) mass is 444 g/mol. The summed E-state index contributed by atoms with van der Waals surface area (Å²) in [7, 11) is 0. The SMILES string of the molecule is CC[C@@H](C)NC(=O)[C@@H](C)N(Cc1cccc(C)c1)C(=O)CCCOc1ccc(Cl)cc1. The summed E-state index contributed by atoms with van der Waals surface area (Å²) in [6.45, 7) is 8.60. The summed E-state index contributed by atoms with van der Waals surface area (Å²) in [4.78, 5) is 27.4. The molecule has 0 saturated heterocycles. The highest BCUT2D eigenvalue weighted by Gasteiger charge is 2.26. The normalized spacial score (nSPS) is 12.7. The molecule has 2 atom stereocenters. The molecule has 0 spiro atoms. The van der Waals surface area contributed by atoms with E-state index in [1.807, 2.05) is 45.0 Å². The number of rotatable bonds is 11. The fraction of sp³-hybridized carbons (Fsp3) is 0.440. The zero-order chi connectivity index (χ0) is 22.8. The summed E-state index contributed by atoms with van der Waals surface area (Å²) in [5.74, 6) is 0.524. The van der Waals surface area contributed by atoms with Gasteiger partial charge in [-0.2, -0.15) is 0 Å². The van der Waals surface area contributed by atoms with E-state index in [0.29, 0.717) is 31.0 Å². The Bertz CT molecular complexity index is 854. The zero-order valence-electron chi connectivity index (χ0n) is 18.9. The number of benzene rings is 2. The lowest BCUT2D eigenvalue weighted by Crippen LogP contribution is -2.49. The number of nitrogens with one attached hydrogen (secondary N) is 1. The molecule has 0 aromatic heterocycles. The first-order valence-electron chi connectivity index (χ1n) is 10.8. The summed E-state index contributed by atoms with van der Waals surface area (Å²) in [6.07, 6.45) is 1.71. The lowest BCUT2D eigenvalue weighted by Gasteiger charge is -2.30. The van der Waals surface area contributed by atoms with Gasteiger partial charge in [0.25, 0.3) is 0 Å². The molecule has 0 aliphatic rings. The minimum atomic E-state index is -0.556. The maximum Gasteiger partial charge on any atom is 0.242 e. The Kier molecular flexibility index (Phi) is 9.86. The number of carbonyl (C=O) groups excluding carboxylic acids is 2. The van der Waals surface area contributed by atoms with Gasteiger partial charge in [-0.1, -0.05) is 48.4 Å². The van der Waals surface area contributed by atoms with Gasteiger partial charge >= 0.3 is 0 Å². The van der Waals surface area contributed by atoms with Gasteiger partial charge in [0.2, 0.25) is 11.8 Å². The first-order chi connectivity index (χ1) is 14.8. The molecule has 168 valence electrons. The van der Waals surface area contributed by atoms with Crippen LogP contribution in [0.3, 0.4) is 0 Å². The van der Waals surface area contributed by atoms with Gasteiger partial charge < -0.3 is 15.0 Å². The number of ether oxygens (including phenoxy) is 1. The lowest BCUT2D eigenvalue weighted by molar-refractivity contribution is -0.141. The van der Waals surface area contributed by atoms with Gasteiger partial charge in [0.15, 0.2) is 0 Å². The van der Waals surface area contributed by atoms with Crippen molar-refractivity contribution < 1.29 is 14.3 Å². The van der Waals surface area contributed by atoms with Crippen LogP contribution in [0, 0.1) is 6.92 Å². The molecule has 0 heterocycles. The molecule has 2 aromatic carbocycles. The van der Waals surface area contributed by atoms with Crippen LogP contribution in [0.4, 0.5) is 0 Å². The zero-order valence-corrected chi connectivity index (χ0v) is 19.6. The molecule has 5 nitrogen and oxygen atoms in total. The van der Waals surface area contributed by atoms with Crippen molar-refractivity contribution >= 4 is 23.4 Å². The summed E-state index contributed by atoms with van der Waals surface area (Å²) >= 11 is 5.88. The van der Waals surface area contributed by atoms with E-state index in [4.69, 9.17) is 16.3 Å².